The normalized spacial score (nSPS) is 17.6. The number of fused-ring (bicyclic) bond motifs is 1. The summed E-state index contributed by atoms with van der Waals surface area (Å²) in [5, 5.41) is 2.75. The van der Waals surface area contributed by atoms with Crippen LogP contribution in [0.3, 0.4) is 0 Å². The maximum atomic E-state index is 12.1. The fourth-order valence-electron chi connectivity index (χ4n) is 2.10. The lowest BCUT2D eigenvalue weighted by Gasteiger charge is -2.13. The molecular weight excluding hydrogens is 246 g/mol. The molecule has 0 spiro atoms. The fourth-order valence-corrected chi connectivity index (χ4v) is 2.10. The highest BCUT2D eigenvalue weighted by Crippen LogP contribution is 2.25. The molecule has 0 aromatic heterocycles. The fraction of sp³-hybridized carbons (Fsp3) is 0.308. The summed E-state index contributed by atoms with van der Waals surface area (Å²) in [5.74, 6) is -1.20. The summed E-state index contributed by atoms with van der Waals surface area (Å²) in [6.45, 7) is -0.233. The first-order valence-electron chi connectivity index (χ1n) is 6.11. The van der Waals surface area contributed by atoms with E-state index in [1.807, 2.05) is 0 Å². The van der Waals surface area contributed by atoms with Gasteiger partial charge in [0.25, 0.3) is 11.8 Å². The molecule has 3 rings (SSSR count). The lowest BCUT2D eigenvalue weighted by Crippen LogP contribution is -2.41. The number of rotatable bonds is 3. The van der Waals surface area contributed by atoms with Crippen LogP contribution in [0, 0.1) is 0 Å². The first-order valence-corrected chi connectivity index (χ1v) is 6.11. The predicted octanol–water partition coefficient (Wildman–Crippen LogP) is 0.143. The van der Waals surface area contributed by atoms with Crippen molar-refractivity contribution in [1.82, 2.24) is 10.2 Å². The molecule has 3 amide bonds. The smallest absolute Gasteiger partial charge is 0.262 e. The third-order valence-electron chi connectivity index (χ3n) is 3.24. The number of anilines is 1. The van der Waals surface area contributed by atoms with Gasteiger partial charge in [-0.2, -0.15) is 0 Å². The molecule has 0 radical (unpaired) electrons. The van der Waals surface area contributed by atoms with Crippen molar-refractivity contribution in [2.75, 3.05) is 12.3 Å². The molecule has 2 aliphatic rings. The van der Waals surface area contributed by atoms with Crippen LogP contribution in [0.4, 0.5) is 5.69 Å². The van der Waals surface area contributed by atoms with Gasteiger partial charge in [-0.05, 0) is 31.0 Å². The molecule has 1 aliphatic carbocycles. The Morgan fingerprint density at radius 1 is 1.26 bits per heavy atom. The van der Waals surface area contributed by atoms with Crippen molar-refractivity contribution in [1.29, 1.82) is 0 Å². The standard InChI is InChI=1S/C13H13N3O3/c14-7-1-4-9-10(5-7)13(19)16(12(9)18)6-11(17)15-8-2-3-8/h1,4-5,8H,2-3,6,14H2,(H,15,17). The van der Waals surface area contributed by atoms with E-state index in [1.54, 1.807) is 6.07 Å². The molecule has 3 N–H and O–H groups in total. The minimum atomic E-state index is -0.460. The molecule has 6 heteroatoms. The quantitative estimate of drug-likeness (QED) is 0.596. The number of carbonyl (C=O) groups is 3. The van der Waals surface area contributed by atoms with E-state index >= 15 is 0 Å². The Hall–Kier alpha value is -2.37. The molecule has 0 saturated heterocycles. The third kappa shape index (κ3) is 2.05. The molecular formula is C13H13N3O3. The van der Waals surface area contributed by atoms with Gasteiger partial charge in [0.1, 0.15) is 6.54 Å². The average Bonchev–Trinajstić information content (AvgIpc) is 3.14. The van der Waals surface area contributed by atoms with Crippen molar-refractivity contribution in [2.45, 2.75) is 18.9 Å². The Balaban J connectivity index is 1.79. The van der Waals surface area contributed by atoms with Crippen LogP contribution in [0.25, 0.3) is 0 Å². The van der Waals surface area contributed by atoms with Gasteiger partial charge in [0.15, 0.2) is 0 Å². The van der Waals surface area contributed by atoms with Crippen molar-refractivity contribution in [2.24, 2.45) is 0 Å². The van der Waals surface area contributed by atoms with E-state index in [2.05, 4.69) is 5.32 Å². The van der Waals surface area contributed by atoms with Gasteiger partial charge in [-0.1, -0.05) is 0 Å². The van der Waals surface area contributed by atoms with Crippen LogP contribution in [0.15, 0.2) is 18.2 Å². The summed E-state index contributed by atoms with van der Waals surface area (Å²) in [7, 11) is 0. The maximum Gasteiger partial charge on any atom is 0.262 e. The third-order valence-corrected chi connectivity index (χ3v) is 3.24. The zero-order valence-corrected chi connectivity index (χ0v) is 10.2. The lowest BCUT2D eigenvalue weighted by atomic mass is 10.1. The van der Waals surface area contributed by atoms with E-state index in [1.165, 1.54) is 12.1 Å². The van der Waals surface area contributed by atoms with E-state index in [0.717, 1.165) is 17.7 Å². The van der Waals surface area contributed by atoms with E-state index in [4.69, 9.17) is 5.73 Å². The first kappa shape index (κ1) is 11.7. The van der Waals surface area contributed by atoms with Crippen molar-refractivity contribution < 1.29 is 14.4 Å². The molecule has 1 fully saturated rings. The summed E-state index contributed by atoms with van der Waals surface area (Å²) in [5.41, 5.74) is 6.59. The van der Waals surface area contributed by atoms with Gasteiger partial charge in [-0.3, -0.25) is 19.3 Å². The molecule has 19 heavy (non-hydrogen) atoms. The molecule has 98 valence electrons. The van der Waals surface area contributed by atoms with Crippen molar-refractivity contribution >= 4 is 23.4 Å². The average molecular weight is 259 g/mol. The van der Waals surface area contributed by atoms with E-state index in [0.29, 0.717) is 11.3 Å². The zero-order chi connectivity index (χ0) is 13.6. The summed E-state index contributed by atoms with van der Waals surface area (Å²) in [6, 6.07) is 4.76. The Bertz CT molecular complexity index is 593. The molecule has 0 bridgehead atoms. The van der Waals surface area contributed by atoms with Crippen LogP contribution in [-0.2, 0) is 4.79 Å². The summed E-state index contributed by atoms with van der Waals surface area (Å²) >= 11 is 0. The second kappa shape index (κ2) is 4.08. The molecule has 0 atom stereocenters. The second-order valence-electron chi connectivity index (χ2n) is 4.84. The lowest BCUT2D eigenvalue weighted by molar-refractivity contribution is -0.121. The Morgan fingerprint density at radius 2 is 1.95 bits per heavy atom. The van der Waals surface area contributed by atoms with Gasteiger partial charge in [0.05, 0.1) is 11.1 Å². The Labute approximate surface area is 109 Å². The molecule has 1 heterocycles. The number of hydrogen-bond donors (Lipinski definition) is 2. The number of nitrogen functional groups attached to an aromatic ring is 1. The minimum Gasteiger partial charge on any atom is -0.399 e. The topological polar surface area (TPSA) is 92.5 Å². The number of nitrogens with one attached hydrogen (secondary N) is 1. The van der Waals surface area contributed by atoms with Crippen molar-refractivity contribution in [3.05, 3.63) is 29.3 Å². The minimum absolute atomic E-state index is 0.207. The van der Waals surface area contributed by atoms with E-state index in [9.17, 15) is 14.4 Å². The molecule has 0 unspecified atom stereocenters. The summed E-state index contributed by atoms with van der Waals surface area (Å²) < 4.78 is 0. The number of nitrogens with zero attached hydrogens (tertiary/aromatic N) is 1. The van der Waals surface area contributed by atoms with Gasteiger partial charge in [-0.15, -0.1) is 0 Å². The molecule has 1 aromatic rings. The Kier molecular flexibility index (Phi) is 2.51. The van der Waals surface area contributed by atoms with Crippen LogP contribution < -0.4 is 11.1 Å². The van der Waals surface area contributed by atoms with Crippen LogP contribution in [0.5, 0.6) is 0 Å². The van der Waals surface area contributed by atoms with Crippen molar-refractivity contribution in [3.8, 4) is 0 Å². The number of amides is 3. The summed E-state index contributed by atoms with van der Waals surface area (Å²) in [6.07, 6.45) is 1.93. The van der Waals surface area contributed by atoms with Gasteiger partial charge < -0.3 is 11.1 Å². The molecule has 6 nitrogen and oxygen atoms in total. The van der Waals surface area contributed by atoms with Crippen LogP contribution >= 0.6 is 0 Å². The molecule has 1 aliphatic heterocycles. The largest absolute Gasteiger partial charge is 0.399 e. The maximum absolute atomic E-state index is 12.1. The highest BCUT2D eigenvalue weighted by molar-refractivity contribution is 6.22. The van der Waals surface area contributed by atoms with E-state index in [-0.39, 0.29) is 24.1 Å². The summed E-state index contributed by atoms with van der Waals surface area (Å²) in [4.78, 5) is 36.7. The number of nitrogens with two attached hydrogens (primary N) is 1. The van der Waals surface area contributed by atoms with Gasteiger partial charge >= 0.3 is 0 Å². The second-order valence-corrected chi connectivity index (χ2v) is 4.84. The van der Waals surface area contributed by atoms with Gasteiger partial charge in [0.2, 0.25) is 5.91 Å². The van der Waals surface area contributed by atoms with Crippen LogP contribution in [0.2, 0.25) is 0 Å². The number of carbonyl (C=O) groups excluding carboxylic acids is 3. The highest BCUT2D eigenvalue weighted by Gasteiger charge is 2.37. The SMILES string of the molecule is Nc1ccc2c(c1)C(=O)N(CC(=O)NC1CC1)C2=O. The van der Waals surface area contributed by atoms with Crippen LogP contribution in [0.1, 0.15) is 33.6 Å². The highest BCUT2D eigenvalue weighted by atomic mass is 16.2. The Morgan fingerprint density at radius 3 is 2.63 bits per heavy atom. The van der Waals surface area contributed by atoms with Gasteiger partial charge in [0, 0.05) is 11.7 Å². The monoisotopic (exact) mass is 259 g/mol. The van der Waals surface area contributed by atoms with Crippen molar-refractivity contribution in [3.63, 3.8) is 0 Å². The number of imide groups is 1. The van der Waals surface area contributed by atoms with Crippen LogP contribution in [-0.4, -0.2) is 35.2 Å². The first-order chi connectivity index (χ1) is 9.06. The van der Waals surface area contributed by atoms with Gasteiger partial charge in [-0.25, -0.2) is 0 Å². The molecule has 1 saturated carbocycles. The number of hydrogen-bond acceptors (Lipinski definition) is 4. The molecule has 1 aromatic carbocycles. The van der Waals surface area contributed by atoms with E-state index < -0.39 is 11.8 Å². The number of benzene rings is 1. The zero-order valence-electron chi connectivity index (χ0n) is 10.2. The predicted molar refractivity (Wildman–Crippen MR) is 67.4 cm³/mol.